The van der Waals surface area contributed by atoms with Crippen LogP contribution in [-0.2, 0) is 6.61 Å². The van der Waals surface area contributed by atoms with E-state index in [0.717, 1.165) is 33.9 Å². The Morgan fingerprint density at radius 2 is 1.96 bits per heavy atom. The molecule has 0 atom stereocenters. The van der Waals surface area contributed by atoms with Gasteiger partial charge in [0.15, 0.2) is 0 Å². The van der Waals surface area contributed by atoms with Gasteiger partial charge in [-0.15, -0.1) is 0 Å². The van der Waals surface area contributed by atoms with Gasteiger partial charge in [-0.25, -0.2) is 5.84 Å². The molecule has 0 radical (unpaired) electrons. The van der Waals surface area contributed by atoms with Crippen molar-refractivity contribution in [2.75, 3.05) is 19.2 Å². The highest BCUT2D eigenvalue weighted by Crippen LogP contribution is 2.30. The predicted octanol–water partition coefficient (Wildman–Crippen LogP) is 3.67. The van der Waals surface area contributed by atoms with Gasteiger partial charge >= 0.3 is 0 Å². The van der Waals surface area contributed by atoms with Crippen molar-refractivity contribution in [1.82, 2.24) is 0 Å². The fourth-order valence-corrected chi connectivity index (χ4v) is 2.75. The molecule has 0 aliphatic rings. The Morgan fingerprint density at radius 1 is 1.21 bits per heavy atom. The fraction of sp³-hybridized carbons (Fsp3) is 0.318. The summed E-state index contributed by atoms with van der Waals surface area (Å²) in [5, 5.41) is 1.56. The maximum absolute atomic E-state index is 6.15. The molecule has 2 aromatic rings. The third-order valence-electron chi connectivity index (χ3n) is 4.23. The van der Waals surface area contributed by atoms with Gasteiger partial charge in [-0.1, -0.05) is 6.07 Å². The summed E-state index contributed by atoms with van der Waals surface area (Å²) in [7, 11) is 3.42. The molecule has 0 unspecified atom stereocenters. The summed E-state index contributed by atoms with van der Waals surface area (Å²) in [6.45, 7) is 6.37. The molecule has 0 saturated carbocycles. The minimum atomic E-state index is 0.244. The Labute approximate surface area is 167 Å². The molecule has 6 nitrogen and oxygen atoms in total. The lowest BCUT2D eigenvalue weighted by Gasteiger charge is -2.20. The zero-order valence-electron chi connectivity index (χ0n) is 17.3. The lowest BCUT2D eigenvalue weighted by Crippen LogP contribution is -2.26. The van der Waals surface area contributed by atoms with Crippen LogP contribution < -0.4 is 26.1 Å². The van der Waals surface area contributed by atoms with Crippen molar-refractivity contribution in [2.24, 2.45) is 16.6 Å². The first-order valence-corrected chi connectivity index (χ1v) is 9.20. The van der Waals surface area contributed by atoms with Crippen LogP contribution in [0.3, 0.4) is 0 Å². The van der Waals surface area contributed by atoms with Crippen LogP contribution in [-0.4, -0.2) is 26.4 Å². The van der Waals surface area contributed by atoms with E-state index in [9.17, 15) is 0 Å². The number of allylic oxidation sites excluding steroid dienone is 1. The van der Waals surface area contributed by atoms with Crippen LogP contribution in [0.5, 0.6) is 11.5 Å². The summed E-state index contributed by atoms with van der Waals surface area (Å²) in [6, 6.07) is 11.8. The lowest BCUT2D eigenvalue weighted by atomic mass is 10.1. The van der Waals surface area contributed by atoms with Crippen LogP contribution in [0, 0.1) is 6.92 Å². The monoisotopic (exact) mass is 382 g/mol. The highest BCUT2D eigenvalue weighted by atomic mass is 16.5. The molecule has 150 valence electrons. The van der Waals surface area contributed by atoms with E-state index in [-0.39, 0.29) is 6.04 Å². The van der Waals surface area contributed by atoms with Gasteiger partial charge in [0.25, 0.3) is 0 Å². The van der Waals surface area contributed by atoms with Crippen molar-refractivity contribution in [3.05, 3.63) is 59.2 Å². The first-order chi connectivity index (χ1) is 13.3. The number of aliphatic imine (C=N–C) groups is 1. The normalized spacial score (nSPS) is 11.9. The number of rotatable bonds is 8. The van der Waals surface area contributed by atoms with Gasteiger partial charge in [-0.05, 0) is 68.3 Å². The third kappa shape index (κ3) is 5.50. The van der Waals surface area contributed by atoms with Gasteiger partial charge in [0.2, 0.25) is 0 Å². The van der Waals surface area contributed by atoms with Crippen molar-refractivity contribution < 1.29 is 9.47 Å². The summed E-state index contributed by atoms with van der Waals surface area (Å²) in [5.74, 6) is 7.46. The van der Waals surface area contributed by atoms with Crippen LogP contribution in [0.4, 0.5) is 5.69 Å². The molecule has 6 heteroatoms. The van der Waals surface area contributed by atoms with Gasteiger partial charge in [0.1, 0.15) is 18.1 Å². The van der Waals surface area contributed by atoms with Crippen molar-refractivity contribution in [3.8, 4) is 11.5 Å². The largest absolute Gasteiger partial charge is 0.496 e. The number of hydrazine groups is 1. The van der Waals surface area contributed by atoms with E-state index in [1.807, 2.05) is 63.2 Å². The average Bonchev–Trinajstić information content (AvgIpc) is 2.66. The SMILES string of the molecule is COc1cccc(N(C)N)c1COc1ccc(C(N)=CC=NC(C)C)cc1C. The molecule has 0 amide bonds. The van der Waals surface area contributed by atoms with Crippen molar-refractivity contribution in [3.63, 3.8) is 0 Å². The summed E-state index contributed by atoms with van der Waals surface area (Å²) in [5.41, 5.74) is 10.5. The smallest absolute Gasteiger partial charge is 0.127 e. The number of benzene rings is 2. The zero-order chi connectivity index (χ0) is 20.7. The molecule has 0 bridgehead atoms. The van der Waals surface area contributed by atoms with E-state index in [1.165, 1.54) is 0 Å². The Morgan fingerprint density at radius 3 is 2.57 bits per heavy atom. The van der Waals surface area contributed by atoms with Crippen molar-refractivity contribution in [2.45, 2.75) is 33.4 Å². The second kappa shape index (κ2) is 9.80. The molecule has 28 heavy (non-hydrogen) atoms. The average molecular weight is 383 g/mol. The van der Waals surface area contributed by atoms with Gasteiger partial charge < -0.3 is 20.2 Å². The molecule has 0 spiro atoms. The molecule has 0 aliphatic heterocycles. The minimum absolute atomic E-state index is 0.244. The summed E-state index contributed by atoms with van der Waals surface area (Å²) >= 11 is 0. The molecule has 2 aromatic carbocycles. The molecule has 0 heterocycles. The Kier molecular flexibility index (Phi) is 7.46. The predicted molar refractivity (Wildman–Crippen MR) is 117 cm³/mol. The summed E-state index contributed by atoms with van der Waals surface area (Å²) in [4.78, 5) is 4.30. The standard InChI is InChI=1S/C22H30N4O2/c1-15(2)25-12-11-19(23)17-9-10-21(16(3)13-17)28-14-18-20(26(4)24)7-6-8-22(18)27-5/h6-13,15H,14,23-24H2,1-5H3. The molecule has 0 fully saturated rings. The Hall–Kier alpha value is -2.99. The molecular weight excluding hydrogens is 352 g/mol. The van der Waals surface area contributed by atoms with E-state index >= 15 is 0 Å². The molecule has 0 saturated heterocycles. The van der Waals surface area contributed by atoms with E-state index in [4.69, 9.17) is 21.1 Å². The fourth-order valence-electron chi connectivity index (χ4n) is 2.75. The minimum Gasteiger partial charge on any atom is -0.496 e. The zero-order valence-corrected chi connectivity index (χ0v) is 17.3. The van der Waals surface area contributed by atoms with E-state index in [2.05, 4.69) is 4.99 Å². The van der Waals surface area contributed by atoms with Crippen LogP contribution >= 0.6 is 0 Å². The molecular formula is C22H30N4O2. The number of hydrogen-bond donors (Lipinski definition) is 2. The lowest BCUT2D eigenvalue weighted by molar-refractivity contribution is 0.295. The Balaban J connectivity index is 2.19. The topological polar surface area (TPSA) is 86.1 Å². The van der Waals surface area contributed by atoms with Crippen LogP contribution in [0.1, 0.15) is 30.5 Å². The number of methoxy groups -OCH3 is 1. The summed E-state index contributed by atoms with van der Waals surface area (Å²) < 4.78 is 11.5. The van der Waals surface area contributed by atoms with Gasteiger partial charge in [-0.2, -0.15) is 0 Å². The quantitative estimate of drug-likeness (QED) is 0.413. The van der Waals surface area contributed by atoms with Gasteiger partial charge in [-0.3, -0.25) is 4.99 Å². The maximum atomic E-state index is 6.15. The van der Waals surface area contributed by atoms with Crippen molar-refractivity contribution in [1.29, 1.82) is 0 Å². The van der Waals surface area contributed by atoms with E-state index < -0.39 is 0 Å². The number of hydrogen-bond acceptors (Lipinski definition) is 6. The molecule has 4 N–H and O–H groups in total. The number of nitrogens with two attached hydrogens (primary N) is 2. The number of ether oxygens (including phenoxy) is 2. The number of anilines is 1. The number of aryl methyl sites for hydroxylation is 1. The molecule has 2 rings (SSSR count). The highest BCUT2D eigenvalue weighted by molar-refractivity contribution is 5.83. The van der Waals surface area contributed by atoms with E-state index in [1.54, 1.807) is 25.4 Å². The van der Waals surface area contributed by atoms with E-state index in [0.29, 0.717) is 12.3 Å². The van der Waals surface area contributed by atoms with Crippen LogP contribution in [0.25, 0.3) is 5.70 Å². The van der Waals surface area contributed by atoms with Crippen molar-refractivity contribution >= 4 is 17.6 Å². The Bertz CT molecular complexity index is 858. The van der Waals surface area contributed by atoms with Crippen LogP contribution in [0.2, 0.25) is 0 Å². The third-order valence-corrected chi connectivity index (χ3v) is 4.23. The highest BCUT2D eigenvalue weighted by Gasteiger charge is 2.13. The molecule has 0 aromatic heterocycles. The first-order valence-electron chi connectivity index (χ1n) is 9.20. The van der Waals surface area contributed by atoms with Gasteiger partial charge in [0, 0.05) is 25.0 Å². The van der Waals surface area contributed by atoms with Gasteiger partial charge in [0.05, 0.1) is 18.4 Å². The molecule has 0 aliphatic carbocycles. The number of nitrogens with zero attached hydrogens (tertiary/aromatic N) is 2. The maximum Gasteiger partial charge on any atom is 0.127 e. The van der Waals surface area contributed by atoms with Crippen LogP contribution in [0.15, 0.2) is 47.5 Å². The second-order valence-corrected chi connectivity index (χ2v) is 6.85. The summed E-state index contributed by atoms with van der Waals surface area (Å²) in [6.07, 6.45) is 3.56. The second-order valence-electron chi connectivity index (χ2n) is 6.85. The first kappa shape index (κ1) is 21.3.